The van der Waals surface area contributed by atoms with Gasteiger partial charge in [-0.05, 0) is 45.4 Å². The molecule has 6 heteroatoms. The van der Waals surface area contributed by atoms with Gasteiger partial charge >= 0.3 is 0 Å². The van der Waals surface area contributed by atoms with Crippen LogP contribution in [0.25, 0.3) is 10.6 Å². The predicted molar refractivity (Wildman–Crippen MR) is 95.8 cm³/mol. The first-order valence-corrected chi connectivity index (χ1v) is 9.03. The van der Waals surface area contributed by atoms with Crippen molar-refractivity contribution in [1.29, 1.82) is 0 Å². The number of aromatic nitrogens is 1. The Morgan fingerprint density at radius 1 is 1.42 bits per heavy atom. The van der Waals surface area contributed by atoms with Gasteiger partial charge in [-0.25, -0.2) is 4.98 Å². The first-order chi connectivity index (χ1) is 11.3. The fraction of sp³-hybridized carbons (Fsp3) is 0.444. The van der Waals surface area contributed by atoms with Crippen molar-refractivity contribution in [1.82, 2.24) is 9.88 Å². The fourth-order valence-electron chi connectivity index (χ4n) is 3.31. The van der Waals surface area contributed by atoms with E-state index >= 15 is 0 Å². The second-order valence-corrected chi connectivity index (χ2v) is 7.73. The maximum absolute atomic E-state index is 11.1. The second kappa shape index (κ2) is 6.63. The number of carbonyl (C=O) groups excluding carboxylic acids is 1. The summed E-state index contributed by atoms with van der Waals surface area (Å²) in [5.41, 5.74) is 7.08. The van der Waals surface area contributed by atoms with Crippen LogP contribution in [-0.2, 0) is 6.54 Å². The number of rotatable bonds is 5. The standard InChI is InChI=1S/C18H23N3O2S/c1-18(2,23)15-4-3-9-21(15)10-14-11-24-17(20-14)13-7-5-12(6-8-13)16(19)22/h5-8,11,15,23H,3-4,9-10H2,1-2H3,(H2,19,22). The first-order valence-electron chi connectivity index (χ1n) is 8.15. The van der Waals surface area contributed by atoms with E-state index in [0.29, 0.717) is 5.56 Å². The number of hydrogen-bond acceptors (Lipinski definition) is 5. The zero-order chi connectivity index (χ0) is 17.3. The molecule has 1 fully saturated rings. The maximum atomic E-state index is 11.1. The molecule has 2 heterocycles. The molecule has 1 atom stereocenters. The Labute approximate surface area is 146 Å². The van der Waals surface area contributed by atoms with Crippen LogP contribution in [0, 0.1) is 0 Å². The average molecular weight is 345 g/mol. The third-order valence-corrected chi connectivity index (χ3v) is 5.45. The molecule has 0 radical (unpaired) electrons. The van der Waals surface area contributed by atoms with Gasteiger partial charge in [-0.1, -0.05) is 12.1 Å². The van der Waals surface area contributed by atoms with Crippen LogP contribution in [0.4, 0.5) is 0 Å². The zero-order valence-corrected chi connectivity index (χ0v) is 14.8. The number of aliphatic hydroxyl groups is 1. The molecule has 1 aromatic carbocycles. The van der Waals surface area contributed by atoms with Gasteiger partial charge in [0.1, 0.15) is 5.01 Å². The van der Waals surface area contributed by atoms with E-state index in [1.807, 2.05) is 26.0 Å². The number of amides is 1. The minimum absolute atomic E-state index is 0.178. The minimum Gasteiger partial charge on any atom is -0.389 e. The summed E-state index contributed by atoms with van der Waals surface area (Å²) in [6.07, 6.45) is 2.13. The summed E-state index contributed by atoms with van der Waals surface area (Å²) in [5.74, 6) is -0.423. The molecule has 0 saturated carbocycles. The lowest BCUT2D eigenvalue weighted by Crippen LogP contribution is -2.45. The third-order valence-electron chi connectivity index (χ3n) is 4.51. The van der Waals surface area contributed by atoms with Gasteiger partial charge in [0.2, 0.25) is 5.91 Å². The normalized spacial score (nSPS) is 18.9. The van der Waals surface area contributed by atoms with Gasteiger partial charge in [-0.3, -0.25) is 9.69 Å². The lowest BCUT2D eigenvalue weighted by molar-refractivity contribution is -0.00530. The summed E-state index contributed by atoms with van der Waals surface area (Å²) in [5, 5.41) is 13.3. The van der Waals surface area contributed by atoms with Crippen molar-refractivity contribution in [3.05, 3.63) is 40.9 Å². The molecule has 1 aliphatic rings. The molecule has 2 aromatic rings. The fourth-order valence-corrected chi connectivity index (χ4v) is 4.13. The molecule has 0 bridgehead atoms. The van der Waals surface area contributed by atoms with Gasteiger partial charge in [-0.15, -0.1) is 11.3 Å². The van der Waals surface area contributed by atoms with E-state index in [9.17, 15) is 9.90 Å². The van der Waals surface area contributed by atoms with Crippen molar-refractivity contribution in [2.45, 2.75) is 44.9 Å². The Morgan fingerprint density at radius 3 is 2.75 bits per heavy atom. The van der Waals surface area contributed by atoms with Gasteiger partial charge in [-0.2, -0.15) is 0 Å². The van der Waals surface area contributed by atoms with E-state index in [1.54, 1.807) is 23.5 Å². The Balaban J connectivity index is 1.72. The molecule has 128 valence electrons. The summed E-state index contributed by atoms with van der Waals surface area (Å²) in [4.78, 5) is 18.2. The van der Waals surface area contributed by atoms with Crippen molar-refractivity contribution in [2.24, 2.45) is 5.73 Å². The van der Waals surface area contributed by atoms with Gasteiger partial charge in [0.25, 0.3) is 0 Å². The van der Waals surface area contributed by atoms with Crippen LogP contribution in [0.2, 0.25) is 0 Å². The molecule has 0 spiro atoms. The number of thiazole rings is 1. The highest BCUT2D eigenvalue weighted by molar-refractivity contribution is 7.13. The van der Waals surface area contributed by atoms with Gasteiger partial charge in [0.15, 0.2) is 0 Å². The molecule has 1 aliphatic heterocycles. The molecule has 1 amide bonds. The van der Waals surface area contributed by atoms with E-state index < -0.39 is 11.5 Å². The van der Waals surface area contributed by atoms with Gasteiger partial charge < -0.3 is 10.8 Å². The van der Waals surface area contributed by atoms with Gasteiger partial charge in [0.05, 0.1) is 11.3 Å². The first kappa shape index (κ1) is 17.1. The summed E-state index contributed by atoms with van der Waals surface area (Å²) in [6.45, 7) is 5.50. The Bertz CT molecular complexity index is 719. The van der Waals surface area contributed by atoms with Crippen LogP contribution in [-0.4, -0.2) is 39.1 Å². The van der Waals surface area contributed by atoms with Crippen molar-refractivity contribution in [3.8, 4) is 10.6 Å². The van der Waals surface area contributed by atoms with Crippen molar-refractivity contribution < 1.29 is 9.90 Å². The molecule has 5 nitrogen and oxygen atoms in total. The summed E-state index contributed by atoms with van der Waals surface area (Å²) < 4.78 is 0. The monoisotopic (exact) mass is 345 g/mol. The quantitative estimate of drug-likeness (QED) is 0.873. The molecule has 3 N–H and O–H groups in total. The van der Waals surface area contributed by atoms with Gasteiger partial charge in [0, 0.05) is 29.1 Å². The molecule has 1 saturated heterocycles. The van der Waals surface area contributed by atoms with E-state index in [2.05, 4.69) is 10.3 Å². The highest BCUT2D eigenvalue weighted by Crippen LogP contribution is 2.30. The number of benzene rings is 1. The number of hydrogen-bond donors (Lipinski definition) is 2. The number of carbonyl (C=O) groups is 1. The lowest BCUT2D eigenvalue weighted by atomic mass is 9.96. The van der Waals surface area contributed by atoms with Crippen molar-refractivity contribution in [2.75, 3.05) is 6.54 Å². The second-order valence-electron chi connectivity index (χ2n) is 6.87. The number of primary amides is 1. The summed E-state index contributed by atoms with van der Waals surface area (Å²) in [6, 6.07) is 7.38. The average Bonchev–Trinajstić information content (AvgIpc) is 3.16. The van der Waals surface area contributed by atoms with Crippen LogP contribution in [0.3, 0.4) is 0 Å². The number of likely N-dealkylation sites (tertiary alicyclic amines) is 1. The Kier molecular flexibility index (Phi) is 4.71. The third kappa shape index (κ3) is 3.66. The Morgan fingerprint density at radius 2 is 2.12 bits per heavy atom. The maximum Gasteiger partial charge on any atom is 0.248 e. The van der Waals surface area contributed by atoms with Crippen LogP contribution < -0.4 is 5.73 Å². The van der Waals surface area contributed by atoms with E-state index in [1.165, 1.54) is 0 Å². The SMILES string of the molecule is CC(C)(O)C1CCCN1Cc1csc(-c2ccc(C(N)=O)cc2)n1. The van der Waals surface area contributed by atoms with Crippen LogP contribution in [0.1, 0.15) is 42.7 Å². The van der Waals surface area contributed by atoms with Crippen molar-refractivity contribution in [3.63, 3.8) is 0 Å². The number of nitrogens with zero attached hydrogens (tertiary/aromatic N) is 2. The lowest BCUT2D eigenvalue weighted by Gasteiger charge is -2.33. The van der Waals surface area contributed by atoms with E-state index in [4.69, 9.17) is 10.7 Å². The van der Waals surface area contributed by atoms with E-state index in [-0.39, 0.29) is 6.04 Å². The Hall–Kier alpha value is -1.76. The molecule has 1 aromatic heterocycles. The number of nitrogens with two attached hydrogens (primary N) is 1. The molecular formula is C18H23N3O2S. The van der Waals surface area contributed by atoms with Crippen LogP contribution in [0.15, 0.2) is 29.6 Å². The molecule has 0 aliphatic carbocycles. The summed E-state index contributed by atoms with van der Waals surface area (Å²) >= 11 is 1.59. The van der Waals surface area contributed by atoms with Crippen molar-refractivity contribution >= 4 is 17.2 Å². The molecular weight excluding hydrogens is 322 g/mol. The molecule has 3 rings (SSSR count). The minimum atomic E-state index is -0.695. The highest BCUT2D eigenvalue weighted by Gasteiger charge is 2.35. The zero-order valence-electron chi connectivity index (χ0n) is 14.0. The van der Waals surface area contributed by atoms with Crippen LogP contribution >= 0.6 is 11.3 Å². The summed E-state index contributed by atoms with van der Waals surface area (Å²) in [7, 11) is 0. The molecule has 24 heavy (non-hydrogen) atoms. The largest absolute Gasteiger partial charge is 0.389 e. The highest BCUT2D eigenvalue weighted by atomic mass is 32.1. The smallest absolute Gasteiger partial charge is 0.248 e. The molecule has 1 unspecified atom stereocenters. The van der Waals surface area contributed by atoms with E-state index in [0.717, 1.165) is 42.2 Å². The topological polar surface area (TPSA) is 79.5 Å². The predicted octanol–water partition coefficient (Wildman–Crippen LogP) is 2.64. The van der Waals surface area contributed by atoms with Crippen LogP contribution in [0.5, 0.6) is 0 Å².